The van der Waals surface area contributed by atoms with Crippen molar-refractivity contribution in [2.24, 2.45) is 0 Å². The van der Waals surface area contributed by atoms with Crippen LogP contribution in [0.3, 0.4) is 0 Å². The van der Waals surface area contributed by atoms with Crippen molar-refractivity contribution in [3.8, 4) is 0 Å². The second kappa shape index (κ2) is 3.38. The molecule has 1 aliphatic rings. The van der Waals surface area contributed by atoms with E-state index in [4.69, 9.17) is 4.42 Å². The molecule has 84 valence electrons. The molecule has 3 rings (SSSR count). The van der Waals surface area contributed by atoms with Crippen LogP contribution in [0.1, 0.15) is 24.8 Å². The lowest BCUT2D eigenvalue weighted by Gasteiger charge is -2.21. The largest absolute Gasteiger partial charge is 0.463 e. The van der Waals surface area contributed by atoms with Gasteiger partial charge in [-0.05, 0) is 6.42 Å². The average Bonchev–Trinajstić information content (AvgIpc) is 2.89. The number of fused-ring (bicyclic) bond motifs is 1. The van der Waals surface area contributed by atoms with Crippen molar-refractivity contribution in [2.45, 2.75) is 19.1 Å². The predicted molar refractivity (Wildman–Crippen MR) is 56.5 cm³/mol. The highest BCUT2D eigenvalue weighted by Crippen LogP contribution is 2.26. The molecule has 0 aromatic carbocycles. The van der Waals surface area contributed by atoms with Gasteiger partial charge in [0.25, 0.3) is 0 Å². The minimum absolute atomic E-state index is 0.00119. The summed E-state index contributed by atoms with van der Waals surface area (Å²) in [5, 5.41) is 10.0. The molecule has 0 radical (unpaired) electrons. The van der Waals surface area contributed by atoms with Crippen LogP contribution in [-0.4, -0.2) is 27.4 Å². The number of rotatable bonds is 2. The number of hydrogen-bond acceptors (Lipinski definition) is 3. The molecule has 1 atom stereocenters. The lowest BCUT2D eigenvalue weighted by Crippen LogP contribution is -2.29. The summed E-state index contributed by atoms with van der Waals surface area (Å²) in [5.41, 5.74) is 2.13. The lowest BCUT2D eigenvalue weighted by molar-refractivity contribution is -0.137. The highest BCUT2D eigenvalue weighted by Gasteiger charge is 2.28. The molecule has 2 N–H and O–H groups in total. The summed E-state index contributed by atoms with van der Waals surface area (Å²) in [5.74, 6) is -0.00119. The van der Waals surface area contributed by atoms with E-state index in [1.807, 2.05) is 0 Å². The van der Waals surface area contributed by atoms with E-state index < -0.39 is 6.23 Å². The van der Waals surface area contributed by atoms with Crippen molar-refractivity contribution in [2.75, 3.05) is 6.54 Å². The van der Waals surface area contributed by atoms with E-state index in [0.29, 0.717) is 24.2 Å². The molecule has 2 aromatic rings. The summed E-state index contributed by atoms with van der Waals surface area (Å²) in [6.07, 6.45) is 2.02. The number of H-pyrrole nitrogens is 1. The zero-order valence-electron chi connectivity index (χ0n) is 8.64. The molecule has 2 aromatic heterocycles. The Morgan fingerprint density at radius 1 is 1.56 bits per heavy atom. The third-order valence-electron chi connectivity index (χ3n) is 2.94. The van der Waals surface area contributed by atoms with E-state index in [1.54, 1.807) is 18.4 Å². The maximum atomic E-state index is 11.5. The number of nitrogens with zero attached hydrogens (tertiary/aromatic N) is 1. The van der Waals surface area contributed by atoms with Crippen LogP contribution in [0, 0.1) is 0 Å². The van der Waals surface area contributed by atoms with Gasteiger partial charge in [-0.2, -0.15) is 0 Å². The number of likely N-dealkylation sites (tertiary alicyclic amines) is 1. The number of aliphatic hydroxyl groups excluding tert-OH is 1. The topological polar surface area (TPSA) is 69.5 Å². The molecule has 1 fully saturated rings. The van der Waals surface area contributed by atoms with Gasteiger partial charge in [-0.1, -0.05) is 0 Å². The van der Waals surface area contributed by atoms with Crippen LogP contribution >= 0.6 is 0 Å². The molecule has 0 bridgehead atoms. The van der Waals surface area contributed by atoms with E-state index in [-0.39, 0.29) is 5.91 Å². The van der Waals surface area contributed by atoms with Gasteiger partial charge in [0.1, 0.15) is 0 Å². The summed E-state index contributed by atoms with van der Waals surface area (Å²) in [7, 11) is 0. The van der Waals surface area contributed by atoms with Gasteiger partial charge in [-0.15, -0.1) is 0 Å². The maximum absolute atomic E-state index is 11.5. The quantitative estimate of drug-likeness (QED) is 0.803. The lowest BCUT2D eigenvalue weighted by atomic mass is 10.3. The first kappa shape index (κ1) is 9.47. The van der Waals surface area contributed by atoms with Gasteiger partial charge in [0, 0.05) is 25.1 Å². The molecule has 16 heavy (non-hydrogen) atoms. The molecule has 1 unspecified atom stereocenters. The van der Waals surface area contributed by atoms with Gasteiger partial charge in [-0.25, -0.2) is 0 Å². The van der Waals surface area contributed by atoms with Crippen LogP contribution in [0.4, 0.5) is 0 Å². The predicted octanol–water partition coefficient (Wildman–Crippen LogP) is 1.37. The van der Waals surface area contributed by atoms with Crippen LogP contribution in [0.25, 0.3) is 11.1 Å². The third-order valence-corrected chi connectivity index (χ3v) is 2.94. The number of carbonyl (C=O) groups is 1. The Morgan fingerprint density at radius 3 is 3.12 bits per heavy atom. The smallest absolute Gasteiger partial charge is 0.224 e. The minimum atomic E-state index is -0.891. The van der Waals surface area contributed by atoms with Crippen LogP contribution in [0.15, 0.2) is 22.8 Å². The zero-order chi connectivity index (χ0) is 11.1. The SMILES string of the molecule is O=C1CCCN1C(O)c1cc2occc2[nH]1. The van der Waals surface area contributed by atoms with Crippen LogP contribution in [-0.2, 0) is 4.79 Å². The molecular weight excluding hydrogens is 208 g/mol. The Hall–Kier alpha value is -1.75. The summed E-state index contributed by atoms with van der Waals surface area (Å²) >= 11 is 0. The van der Waals surface area contributed by atoms with Gasteiger partial charge in [0.2, 0.25) is 5.91 Å². The minimum Gasteiger partial charge on any atom is -0.463 e. The van der Waals surface area contributed by atoms with Crippen molar-refractivity contribution in [3.63, 3.8) is 0 Å². The van der Waals surface area contributed by atoms with E-state index in [1.165, 1.54) is 4.90 Å². The Morgan fingerprint density at radius 2 is 2.44 bits per heavy atom. The fraction of sp³-hybridized carbons (Fsp3) is 0.364. The van der Waals surface area contributed by atoms with Gasteiger partial charge in [0.05, 0.1) is 17.5 Å². The van der Waals surface area contributed by atoms with E-state index in [9.17, 15) is 9.90 Å². The number of hydrogen-bond donors (Lipinski definition) is 2. The Labute approximate surface area is 91.7 Å². The molecular formula is C11H12N2O3. The third kappa shape index (κ3) is 1.32. The molecule has 0 spiro atoms. The van der Waals surface area contributed by atoms with Crippen molar-refractivity contribution < 1.29 is 14.3 Å². The molecule has 1 aliphatic heterocycles. The number of aliphatic hydroxyl groups is 1. The average molecular weight is 220 g/mol. The van der Waals surface area contributed by atoms with Crippen LogP contribution < -0.4 is 0 Å². The van der Waals surface area contributed by atoms with Crippen LogP contribution in [0.2, 0.25) is 0 Å². The van der Waals surface area contributed by atoms with Crippen molar-refractivity contribution in [1.29, 1.82) is 0 Å². The van der Waals surface area contributed by atoms with Gasteiger partial charge in [0.15, 0.2) is 11.8 Å². The number of furan rings is 1. The number of aromatic amines is 1. The molecule has 0 saturated carbocycles. The summed E-state index contributed by atoms with van der Waals surface area (Å²) in [6.45, 7) is 0.611. The van der Waals surface area contributed by atoms with Crippen molar-refractivity contribution in [1.82, 2.24) is 9.88 Å². The summed E-state index contributed by atoms with van der Waals surface area (Å²) in [6, 6.07) is 3.52. The molecule has 1 saturated heterocycles. The summed E-state index contributed by atoms with van der Waals surface area (Å²) < 4.78 is 5.19. The van der Waals surface area contributed by atoms with Crippen molar-refractivity contribution in [3.05, 3.63) is 24.1 Å². The first-order valence-corrected chi connectivity index (χ1v) is 5.29. The zero-order valence-corrected chi connectivity index (χ0v) is 8.64. The number of nitrogens with one attached hydrogen (secondary N) is 1. The first-order valence-electron chi connectivity index (χ1n) is 5.29. The van der Waals surface area contributed by atoms with E-state index in [2.05, 4.69) is 4.98 Å². The summed E-state index contributed by atoms with van der Waals surface area (Å²) in [4.78, 5) is 16.0. The van der Waals surface area contributed by atoms with Gasteiger partial charge >= 0.3 is 0 Å². The van der Waals surface area contributed by atoms with Gasteiger partial charge < -0.3 is 19.4 Å². The highest BCUT2D eigenvalue weighted by atomic mass is 16.3. The molecule has 3 heterocycles. The first-order chi connectivity index (χ1) is 7.75. The molecule has 5 heteroatoms. The fourth-order valence-corrected chi connectivity index (χ4v) is 2.10. The maximum Gasteiger partial charge on any atom is 0.224 e. The van der Waals surface area contributed by atoms with Crippen molar-refractivity contribution >= 4 is 17.0 Å². The normalized spacial score (nSPS) is 18.6. The number of carbonyl (C=O) groups excluding carboxylic acids is 1. The number of amides is 1. The molecule has 0 aliphatic carbocycles. The Bertz CT molecular complexity index is 500. The van der Waals surface area contributed by atoms with E-state index in [0.717, 1.165) is 11.9 Å². The Kier molecular flexibility index (Phi) is 2.00. The number of aromatic nitrogens is 1. The highest BCUT2D eigenvalue weighted by molar-refractivity contribution is 5.79. The Balaban J connectivity index is 1.91. The molecule has 1 amide bonds. The van der Waals surface area contributed by atoms with Gasteiger partial charge in [-0.3, -0.25) is 4.79 Å². The molecule has 5 nitrogen and oxygen atoms in total. The standard InChI is InChI=1S/C11H12N2O3/c14-10-2-1-4-13(10)11(15)8-6-9-7(12-8)3-5-16-9/h3,5-6,11-12,15H,1-2,4H2. The monoisotopic (exact) mass is 220 g/mol. The second-order valence-corrected chi connectivity index (χ2v) is 3.99. The second-order valence-electron chi connectivity index (χ2n) is 3.99. The van der Waals surface area contributed by atoms with E-state index >= 15 is 0 Å². The van der Waals surface area contributed by atoms with Crippen LogP contribution in [0.5, 0.6) is 0 Å². The fourth-order valence-electron chi connectivity index (χ4n) is 2.10.